The first-order valence-corrected chi connectivity index (χ1v) is 8.06. The van der Waals surface area contributed by atoms with E-state index in [1.54, 1.807) is 18.3 Å². The van der Waals surface area contributed by atoms with Gasteiger partial charge in [-0.2, -0.15) is 0 Å². The number of hydrogen-bond acceptors (Lipinski definition) is 6. The quantitative estimate of drug-likeness (QED) is 0.755. The molecule has 1 aromatic rings. The molecule has 0 saturated carbocycles. The summed E-state index contributed by atoms with van der Waals surface area (Å²) >= 11 is 0. The Morgan fingerprint density at radius 1 is 1.29 bits per heavy atom. The van der Waals surface area contributed by atoms with Gasteiger partial charge in [-0.1, -0.05) is 6.92 Å². The minimum absolute atomic E-state index is 0.322. The third kappa shape index (κ3) is 4.94. The van der Waals surface area contributed by atoms with Crippen LogP contribution >= 0.6 is 0 Å². The summed E-state index contributed by atoms with van der Waals surface area (Å²) in [5.41, 5.74) is 0.322. The number of anilines is 1. The first-order valence-electron chi connectivity index (χ1n) is 8.06. The van der Waals surface area contributed by atoms with Gasteiger partial charge in [0.1, 0.15) is 11.4 Å². The molecule has 8 nitrogen and oxygen atoms in total. The molecule has 1 fully saturated rings. The summed E-state index contributed by atoms with van der Waals surface area (Å²) in [5.74, 6) is -0.737. The van der Waals surface area contributed by atoms with Crippen molar-refractivity contribution in [3.05, 3.63) is 23.9 Å². The van der Waals surface area contributed by atoms with E-state index in [9.17, 15) is 14.4 Å². The van der Waals surface area contributed by atoms with Gasteiger partial charge >= 0.3 is 12.0 Å². The van der Waals surface area contributed by atoms with E-state index in [2.05, 4.69) is 15.6 Å². The molecule has 0 radical (unpaired) electrons. The van der Waals surface area contributed by atoms with Crippen LogP contribution in [0.4, 0.5) is 10.6 Å². The Kier molecular flexibility index (Phi) is 6.53. The van der Waals surface area contributed by atoms with Crippen molar-refractivity contribution in [3.8, 4) is 0 Å². The predicted octanol–water partition coefficient (Wildman–Crippen LogP) is 1.07. The summed E-state index contributed by atoms with van der Waals surface area (Å²) in [6, 6.07) is 2.67. The number of nitrogens with zero attached hydrogens (tertiary/aromatic N) is 2. The van der Waals surface area contributed by atoms with E-state index < -0.39 is 24.5 Å². The van der Waals surface area contributed by atoms with Crippen LogP contribution in [0, 0.1) is 0 Å². The predicted molar refractivity (Wildman–Crippen MR) is 87.8 cm³/mol. The molecule has 0 unspecified atom stereocenters. The van der Waals surface area contributed by atoms with Gasteiger partial charge in [-0.25, -0.2) is 14.6 Å². The lowest BCUT2D eigenvalue weighted by molar-refractivity contribution is -0.123. The topological polar surface area (TPSA) is 101 Å². The fourth-order valence-electron chi connectivity index (χ4n) is 2.39. The molecule has 2 rings (SSSR count). The summed E-state index contributed by atoms with van der Waals surface area (Å²) in [7, 11) is 0. The molecular weight excluding hydrogens is 312 g/mol. The standard InChI is InChI=1S/C16H22N4O4/c1-2-7-18-16(23)19-13(21)11-24-15(22)12-6-5-8-17-14(12)20-9-3-4-10-20/h5-6,8H,2-4,7,9-11H2,1H3,(H2,18,19,21,23). The Morgan fingerprint density at radius 3 is 2.75 bits per heavy atom. The minimum atomic E-state index is -0.677. The normalized spacial score (nSPS) is 13.5. The molecule has 1 aliphatic heterocycles. The van der Waals surface area contributed by atoms with E-state index in [4.69, 9.17) is 4.74 Å². The maximum atomic E-state index is 12.2. The van der Waals surface area contributed by atoms with Crippen molar-refractivity contribution in [2.45, 2.75) is 26.2 Å². The number of amides is 3. The lowest BCUT2D eigenvalue weighted by atomic mass is 10.2. The summed E-state index contributed by atoms with van der Waals surface area (Å²) < 4.78 is 5.00. The highest BCUT2D eigenvalue weighted by molar-refractivity contribution is 5.98. The Balaban J connectivity index is 1.88. The lowest BCUT2D eigenvalue weighted by Crippen LogP contribution is -2.41. The van der Waals surface area contributed by atoms with Crippen LogP contribution in [0.3, 0.4) is 0 Å². The summed E-state index contributed by atoms with van der Waals surface area (Å²) in [6.45, 7) is 3.53. The van der Waals surface area contributed by atoms with Gasteiger partial charge < -0.3 is 15.0 Å². The van der Waals surface area contributed by atoms with Gasteiger partial charge in [0.2, 0.25) is 0 Å². The molecule has 2 heterocycles. The van der Waals surface area contributed by atoms with Crippen molar-refractivity contribution in [1.82, 2.24) is 15.6 Å². The molecule has 0 spiro atoms. The maximum Gasteiger partial charge on any atom is 0.342 e. The van der Waals surface area contributed by atoms with Crippen molar-refractivity contribution >= 4 is 23.7 Å². The molecule has 0 aromatic carbocycles. The van der Waals surface area contributed by atoms with Gasteiger partial charge in [0.25, 0.3) is 5.91 Å². The van der Waals surface area contributed by atoms with Crippen molar-refractivity contribution in [1.29, 1.82) is 0 Å². The smallest absolute Gasteiger partial charge is 0.342 e. The zero-order chi connectivity index (χ0) is 17.4. The lowest BCUT2D eigenvalue weighted by Gasteiger charge is -2.18. The highest BCUT2D eigenvalue weighted by Gasteiger charge is 2.22. The average molecular weight is 334 g/mol. The number of hydrogen-bond donors (Lipinski definition) is 2. The van der Waals surface area contributed by atoms with E-state index in [1.165, 1.54) is 0 Å². The Labute approximate surface area is 140 Å². The first kappa shape index (κ1) is 17.7. The van der Waals surface area contributed by atoms with Crippen molar-refractivity contribution < 1.29 is 19.1 Å². The number of ether oxygens (including phenoxy) is 1. The second kappa shape index (κ2) is 8.85. The average Bonchev–Trinajstić information content (AvgIpc) is 3.12. The number of urea groups is 1. The van der Waals surface area contributed by atoms with Gasteiger partial charge in [-0.15, -0.1) is 0 Å². The molecule has 0 aliphatic carbocycles. The number of rotatable bonds is 6. The van der Waals surface area contributed by atoms with Crippen LogP contribution in [0.15, 0.2) is 18.3 Å². The van der Waals surface area contributed by atoms with Gasteiger partial charge in [-0.05, 0) is 31.4 Å². The molecule has 130 valence electrons. The monoisotopic (exact) mass is 334 g/mol. The summed E-state index contributed by atoms with van der Waals surface area (Å²) in [4.78, 5) is 41.5. The SMILES string of the molecule is CCCNC(=O)NC(=O)COC(=O)c1cccnc1N1CCCC1. The Bertz CT molecular complexity index is 599. The molecule has 1 aliphatic rings. The zero-order valence-corrected chi connectivity index (χ0v) is 13.7. The van der Waals surface area contributed by atoms with Gasteiger partial charge in [0, 0.05) is 25.8 Å². The summed E-state index contributed by atoms with van der Waals surface area (Å²) in [5, 5.41) is 4.60. The van der Waals surface area contributed by atoms with Crippen molar-refractivity contribution in [2.75, 3.05) is 31.1 Å². The van der Waals surface area contributed by atoms with E-state index in [0.717, 1.165) is 32.4 Å². The van der Waals surface area contributed by atoms with E-state index in [-0.39, 0.29) is 0 Å². The summed E-state index contributed by atoms with van der Waals surface area (Å²) in [6.07, 6.45) is 4.49. The molecule has 0 bridgehead atoms. The largest absolute Gasteiger partial charge is 0.452 e. The van der Waals surface area contributed by atoms with Crippen LogP contribution in [0.5, 0.6) is 0 Å². The molecule has 0 atom stereocenters. The molecule has 8 heteroatoms. The number of aromatic nitrogens is 1. The number of carbonyl (C=O) groups excluding carboxylic acids is 3. The van der Waals surface area contributed by atoms with Gasteiger partial charge in [0.15, 0.2) is 6.61 Å². The van der Waals surface area contributed by atoms with Crippen LogP contribution in [0.1, 0.15) is 36.5 Å². The van der Waals surface area contributed by atoms with Gasteiger partial charge in [0.05, 0.1) is 0 Å². The fraction of sp³-hybridized carbons (Fsp3) is 0.500. The highest BCUT2D eigenvalue weighted by Crippen LogP contribution is 2.22. The van der Waals surface area contributed by atoms with Crippen LogP contribution in [0.2, 0.25) is 0 Å². The van der Waals surface area contributed by atoms with Crippen molar-refractivity contribution in [2.24, 2.45) is 0 Å². The third-order valence-electron chi connectivity index (χ3n) is 3.54. The maximum absolute atomic E-state index is 12.2. The Hall–Kier alpha value is -2.64. The highest BCUT2D eigenvalue weighted by atomic mass is 16.5. The first-order chi connectivity index (χ1) is 11.6. The molecule has 24 heavy (non-hydrogen) atoms. The number of nitrogens with one attached hydrogen (secondary N) is 2. The van der Waals surface area contributed by atoms with Crippen LogP contribution in [0.25, 0.3) is 0 Å². The molecule has 1 aromatic heterocycles. The van der Waals surface area contributed by atoms with Gasteiger partial charge in [-0.3, -0.25) is 10.1 Å². The molecule has 2 N–H and O–H groups in total. The molecule has 3 amide bonds. The Morgan fingerprint density at radius 2 is 2.04 bits per heavy atom. The molecular formula is C16H22N4O4. The van der Waals surface area contributed by atoms with E-state index >= 15 is 0 Å². The second-order valence-corrected chi connectivity index (χ2v) is 5.45. The number of esters is 1. The van der Waals surface area contributed by atoms with E-state index in [1.807, 2.05) is 11.8 Å². The fourth-order valence-corrected chi connectivity index (χ4v) is 2.39. The third-order valence-corrected chi connectivity index (χ3v) is 3.54. The second-order valence-electron chi connectivity index (χ2n) is 5.45. The number of imide groups is 1. The number of pyridine rings is 1. The van der Waals surface area contributed by atoms with Crippen LogP contribution < -0.4 is 15.5 Å². The zero-order valence-electron chi connectivity index (χ0n) is 13.7. The van der Waals surface area contributed by atoms with Crippen LogP contribution in [-0.4, -0.2) is 49.1 Å². The molecule has 1 saturated heterocycles. The van der Waals surface area contributed by atoms with Crippen LogP contribution in [-0.2, 0) is 9.53 Å². The van der Waals surface area contributed by atoms with Crippen molar-refractivity contribution in [3.63, 3.8) is 0 Å². The van der Waals surface area contributed by atoms with E-state index in [0.29, 0.717) is 17.9 Å². The number of carbonyl (C=O) groups is 3. The minimum Gasteiger partial charge on any atom is -0.452 e.